The molecule has 4 nitrogen and oxygen atoms in total. The molecule has 3 atom stereocenters. The Morgan fingerprint density at radius 1 is 1.37 bits per heavy atom. The van der Waals surface area contributed by atoms with Crippen LogP contribution in [0.2, 0.25) is 0 Å². The van der Waals surface area contributed by atoms with Crippen molar-refractivity contribution in [3.8, 4) is 0 Å². The molecule has 1 aromatic rings. The molecule has 5 heteroatoms. The molecule has 1 fully saturated rings. The molecule has 0 aliphatic heterocycles. The summed E-state index contributed by atoms with van der Waals surface area (Å²) in [6, 6.07) is 3.52. The van der Waals surface area contributed by atoms with Crippen LogP contribution in [0.1, 0.15) is 12.8 Å². The fourth-order valence-corrected chi connectivity index (χ4v) is 3.18. The highest BCUT2D eigenvalue weighted by Crippen LogP contribution is 2.43. The maximum absolute atomic E-state index is 13.2. The zero-order valence-corrected chi connectivity index (χ0v) is 10.4. The van der Waals surface area contributed by atoms with E-state index in [1.807, 2.05) is 0 Å². The van der Waals surface area contributed by atoms with E-state index in [4.69, 9.17) is 0 Å². The van der Waals surface area contributed by atoms with Crippen molar-refractivity contribution in [1.82, 2.24) is 0 Å². The third-order valence-electron chi connectivity index (χ3n) is 4.13. The summed E-state index contributed by atoms with van der Waals surface area (Å²) in [7, 11) is 0. The number of nitro benzene ring substituents is 1. The van der Waals surface area contributed by atoms with Crippen molar-refractivity contribution in [3.63, 3.8) is 0 Å². The summed E-state index contributed by atoms with van der Waals surface area (Å²) in [5, 5.41) is 13.9. The van der Waals surface area contributed by atoms with Crippen molar-refractivity contribution in [2.24, 2.45) is 17.8 Å². The summed E-state index contributed by atoms with van der Waals surface area (Å²) in [6.45, 7) is 0.662. The van der Waals surface area contributed by atoms with Gasteiger partial charge in [0.15, 0.2) is 0 Å². The van der Waals surface area contributed by atoms with Crippen molar-refractivity contribution in [2.45, 2.75) is 12.8 Å². The zero-order chi connectivity index (χ0) is 13.4. The van der Waals surface area contributed by atoms with Gasteiger partial charge in [-0.05, 0) is 36.7 Å². The van der Waals surface area contributed by atoms with E-state index in [-0.39, 0.29) is 11.4 Å². The van der Waals surface area contributed by atoms with Gasteiger partial charge in [0.05, 0.1) is 4.92 Å². The van der Waals surface area contributed by atoms with Crippen molar-refractivity contribution < 1.29 is 9.31 Å². The van der Waals surface area contributed by atoms with Gasteiger partial charge in [0.2, 0.25) is 0 Å². The van der Waals surface area contributed by atoms with Gasteiger partial charge in [-0.2, -0.15) is 0 Å². The van der Waals surface area contributed by atoms with E-state index in [1.165, 1.54) is 18.6 Å². The molecule has 0 aromatic heterocycles. The minimum absolute atomic E-state index is 0.0694. The monoisotopic (exact) mass is 262 g/mol. The Labute approximate surface area is 110 Å². The first-order valence-electron chi connectivity index (χ1n) is 6.49. The predicted octanol–water partition coefficient (Wildman–Crippen LogP) is 3.36. The van der Waals surface area contributed by atoms with E-state index in [0.717, 1.165) is 12.5 Å². The van der Waals surface area contributed by atoms with Gasteiger partial charge in [0.1, 0.15) is 11.5 Å². The Hall–Kier alpha value is -1.91. The van der Waals surface area contributed by atoms with Crippen LogP contribution in [0.25, 0.3) is 0 Å². The van der Waals surface area contributed by atoms with Gasteiger partial charge in [0, 0.05) is 18.7 Å². The lowest BCUT2D eigenvalue weighted by molar-refractivity contribution is -0.384. The largest absolute Gasteiger partial charge is 0.379 e. The molecule has 3 unspecified atom stereocenters. The summed E-state index contributed by atoms with van der Waals surface area (Å²) in [4.78, 5) is 10.4. The van der Waals surface area contributed by atoms with Gasteiger partial charge in [-0.3, -0.25) is 10.1 Å². The van der Waals surface area contributed by atoms with E-state index in [1.54, 1.807) is 0 Å². The normalized spacial score (nSPS) is 27.7. The SMILES string of the molecule is O=[N+]([O-])c1ccc(F)cc1NCC1CC2C=CC1C2. The minimum Gasteiger partial charge on any atom is -0.379 e. The van der Waals surface area contributed by atoms with E-state index >= 15 is 0 Å². The third kappa shape index (κ3) is 2.32. The molecule has 2 aliphatic carbocycles. The summed E-state index contributed by atoms with van der Waals surface area (Å²) < 4.78 is 13.2. The lowest BCUT2D eigenvalue weighted by Crippen LogP contribution is -2.18. The molecule has 3 rings (SSSR count). The Morgan fingerprint density at radius 2 is 2.21 bits per heavy atom. The van der Waals surface area contributed by atoms with Gasteiger partial charge < -0.3 is 5.32 Å². The average Bonchev–Trinajstić information content (AvgIpc) is 2.98. The molecule has 0 radical (unpaired) electrons. The van der Waals surface area contributed by atoms with Gasteiger partial charge in [-0.1, -0.05) is 12.2 Å². The van der Waals surface area contributed by atoms with Crippen LogP contribution >= 0.6 is 0 Å². The van der Waals surface area contributed by atoms with Crippen LogP contribution in [0.5, 0.6) is 0 Å². The number of hydrogen-bond donors (Lipinski definition) is 1. The van der Waals surface area contributed by atoms with Gasteiger partial charge in [0.25, 0.3) is 5.69 Å². The highest BCUT2D eigenvalue weighted by Gasteiger charge is 2.35. The standard InChI is InChI=1S/C14H15FN2O2/c15-12-3-4-14(17(18)19)13(7-12)16-8-11-6-9-1-2-10(11)5-9/h1-4,7,9-11,16H,5-6,8H2. The molecular weight excluding hydrogens is 247 g/mol. The van der Waals surface area contributed by atoms with Crippen LogP contribution in [0.3, 0.4) is 0 Å². The fraction of sp³-hybridized carbons (Fsp3) is 0.429. The van der Waals surface area contributed by atoms with Crippen molar-refractivity contribution in [1.29, 1.82) is 0 Å². The fourth-order valence-electron chi connectivity index (χ4n) is 3.18. The Balaban J connectivity index is 1.71. The number of fused-ring (bicyclic) bond motifs is 2. The molecule has 100 valence electrons. The highest BCUT2D eigenvalue weighted by atomic mass is 19.1. The van der Waals surface area contributed by atoms with Crippen LogP contribution in [0.4, 0.5) is 15.8 Å². The summed E-state index contributed by atoms with van der Waals surface area (Å²) in [5.41, 5.74) is 0.205. The van der Waals surface area contributed by atoms with Gasteiger partial charge >= 0.3 is 0 Å². The molecule has 1 aromatic carbocycles. The first-order valence-corrected chi connectivity index (χ1v) is 6.49. The lowest BCUT2D eigenvalue weighted by atomic mass is 9.93. The lowest BCUT2D eigenvalue weighted by Gasteiger charge is -2.19. The van der Waals surface area contributed by atoms with Crippen LogP contribution < -0.4 is 5.32 Å². The smallest absolute Gasteiger partial charge is 0.292 e. The Bertz CT molecular complexity index is 544. The van der Waals surface area contributed by atoms with Crippen LogP contribution in [-0.4, -0.2) is 11.5 Å². The Kier molecular flexibility index (Phi) is 2.97. The van der Waals surface area contributed by atoms with Crippen molar-refractivity contribution in [2.75, 3.05) is 11.9 Å². The number of halogens is 1. The van der Waals surface area contributed by atoms with Crippen molar-refractivity contribution in [3.05, 3.63) is 46.3 Å². The third-order valence-corrected chi connectivity index (χ3v) is 4.13. The topological polar surface area (TPSA) is 55.2 Å². The molecule has 19 heavy (non-hydrogen) atoms. The van der Waals surface area contributed by atoms with E-state index in [2.05, 4.69) is 17.5 Å². The molecular formula is C14H15FN2O2. The molecule has 0 amide bonds. The first-order chi connectivity index (χ1) is 9.13. The number of hydrogen-bond acceptors (Lipinski definition) is 3. The maximum Gasteiger partial charge on any atom is 0.292 e. The number of nitrogens with one attached hydrogen (secondary N) is 1. The molecule has 1 N–H and O–H groups in total. The molecule has 0 spiro atoms. The molecule has 0 heterocycles. The number of nitrogens with zero attached hydrogens (tertiary/aromatic N) is 1. The summed E-state index contributed by atoms with van der Waals surface area (Å²) >= 11 is 0. The first kappa shape index (κ1) is 12.1. The molecule has 1 saturated carbocycles. The second kappa shape index (κ2) is 4.64. The number of anilines is 1. The number of nitro groups is 1. The van der Waals surface area contributed by atoms with Crippen molar-refractivity contribution >= 4 is 11.4 Å². The Morgan fingerprint density at radius 3 is 2.84 bits per heavy atom. The quantitative estimate of drug-likeness (QED) is 0.514. The van der Waals surface area contributed by atoms with E-state index in [0.29, 0.717) is 24.3 Å². The summed E-state index contributed by atoms with van der Waals surface area (Å²) in [5.74, 6) is 1.28. The second-order valence-electron chi connectivity index (χ2n) is 5.34. The summed E-state index contributed by atoms with van der Waals surface area (Å²) in [6.07, 6.45) is 6.81. The maximum atomic E-state index is 13.2. The second-order valence-corrected chi connectivity index (χ2v) is 5.34. The number of benzene rings is 1. The number of allylic oxidation sites excluding steroid dienone is 2. The van der Waals surface area contributed by atoms with Crippen LogP contribution in [0, 0.1) is 33.7 Å². The van der Waals surface area contributed by atoms with E-state index in [9.17, 15) is 14.5 Å². The molecule has 0 saturated heterocycles. The minimum atomic E-state index is -0.484. The van der Waals surface area contributed by atoms with Crippen LogP contribution in [-0.2, 0) is 0 Å². The molecule has 2 aliphatic rings. The van der Waals surface area contributed by atoms with Gasteiger partial charge in [-0.15, -0.1) is 0 Å². The highest BCUT2D eigenvalue weighted by molar-refractivity contribution is 5.61. The van der Waals surface area contributed by atoms with Gasteiger partial charge in [-0.25, -0.2) is 4.39 Å². The van der Waals surface area contributed by atoms with E-state index < -0.39 is 10.7 Å². The number of rotatable bonds is 4. The molecule has 2 bridgehead atoms. The zero-order valence-electron chi connectivity index (χ0n) is 10.4. The predicted molar refractivity (Wildman–Crippen MR) is 70.4 cm³/mol. The average molecular weight is 262 g/mol. The van der Waals surface area contributed by atoms with Crippen LogP contribution in [0.15, 0.2) is 30.4 Å².